The lowest BCUT2D eigenvalue weighted by atomic mass is 9.59. The average molecular weight is 451 g/mol. The molecule has 0 saturated carbocycles. The third-order valence-electron chi connectivity index (χ3n) is 10.2. The molecule has 2 atom stereocenters. The molecule has 0 nitrogen and oxygen atoms in total. The number of benzene rings is 2. The first kappa shape index (κ1) is 23.4. The first-order chi connectivity index (χ1) is 16.2. The number of allylic oxidation sites excluding steroid dienone is 5. The molecule has 34 heavy (non-hydrogen) atoms. The molecule has 0 radical (unpaired) electrons. The third-order valence-corrected chi connectivity index (χ3v) is 10.2. The first-order valence-corrected chi connectivity index (χ1v) is 13.4. The van der Waals surface area contributed by atoms with Gasteiger partial charge in [0.15, 0.2) is 0 Å². The highest BCUT2D eigenvalue weighted by Crippen LogP contribution is 2.59. The molecule has 0 fully saturated rings. The average Bonchev–Trinajstić information content (AvgIpc) is 3.17. The van der Waals surface area contributed by atoms with Gasteiger partial charge < -0.3 is 0 Å². The molecular weight excluding hydrogens is 408 g/mol. The largest absolute Gasteiger partial charge is 0.0622 e. The molecule has 5 rings (SSSR count). The van der Waals surface area contributed by atoms with Crippen molar-refractivity contribution in [2.45, 2.75) is 98.3 Å². The second kappa shape index (κ2) is 8.40. The molecule has 0 saturated heterocycles. The highest BCUT2D eigenvalue weighted by Gasteiger charge is 2.49. The van der Waals surface area contributed by atoms with Gasteiger partial charge in [-0.15, -0.1) is 0 Å². The summed E-state index contributed by atoms with van der Waals surface area (Å²) >= 11 is 0. The Labute approximate surface area is 207 Å². The van der Waals surface area contributed by atoms with Gasteiger partial charge in [0.25, 0.3) is 0 Å². The van der Waals surface area contributed by atoms with Crippen LogP contribution in [0.3, 0.4) is 0 Å². The summed E-state index contributed by atoms with van der Waals surface area (Å²) in [5.74, 6) is 0.507. The Kier molecular flexibility index (Phi) is 5.78. The van der Waals surface area contributed by atoms with Gasteiger partial charge >= 0.3 is 0 Å². The van der Waals surface area contributed by atoms with Gasteiger partial charge in [0.1, 0.15) is 0 Å². The summed E-state index contributed by atoms with van der Waals surface area (Å²) in [5, 5.41) is 0. The fourth-order valence-electron chi connectivity index (χ4n) is 7.46. The molecule has 2 unspecified atom stereocenters. The van der Waals surface area contributed by atoms with Gasteiger partial charge in [0, 0.05) is 10.8 Å². The van der Waals surface area contributed by atoms with Gasteiger partial charge in [-0.3, -0.25) is 0 Å². The molecule has 0 aliphatic heterocycles. The summed E-state index contributed by atoms with van der Waals surface area (Å²) in [6.07, 6.45) is 10.1. The van der Waals surface area contributed by atoms with Gasteiger partial charge in [-0.1, -0.05) is 79.1 Å². The summed E-state index contributed by atoms with van der Waals surface area (Å²) in [5.41, 5.74) is 15.7. The van der Waals surface area contributed by atoms with Crippen LogP contribution in [-0.2, 0) is 18.3 Å². The maximum atomic E-state index is 2.64. The van der Waals surface area contributed by atoms with E-state index in [4.69, 9.17) is 0 Å². The van der Waals surface area contributed by atoms with Gasteiger partial charge in [-0.2, -0.15) is 0 Å². The molecule has 0 bridgehead atoms. The van der Waals surface area contributed by atoms with Crippen LogP contribution >= 0.6 is 0 Å². The Morgan fingerprint density at radius 1 is 0.824 bits per heavy atom. The van der Waals surface area contributed by atoms with E-state index >= 15 is 0 Å². The summed E-state index contributed by atoms with van der Waals surface area (Å²) in [7, 11) is 0. The van der Waals surface area contributed by atoms with E-state index < -0.39 is 0 Å². The quantitative estimate of drug-likeness (QED) is 0.425. The van der Waals surface area contributed by atoms with Gasteiger partial charge in [-0.05, 0) is 118 Å². The van der Waals surface area contributed by atoms with Crippen LogP contribution in [0.5, 0.6) is 0 Å². The van der Waals surface area contributed by atoms with Crippen molar-refractivity contribution < 1.29 is 0 Å². The van der Waals surface area contributed by atoms with Crippen LogP contribution in [0.2, 0.25) is 0 Å². The zero-order chi connectivity index (χ0) is 24.3. The van der Waals surface area contributed by atoms with Gasteiger partial charge in [0.2, 0.25) is 0 Å². The van der Waals surface area contributed by atoms with E-state index in [1.54, 1.807) is 33.4 Å². The monoisotopic (exact) mass is 450 g/mol. The van der Waals surface area contributed by atoms with Crippen LogP contribution in [0, 0.1) is 5.41 Å². The molecule has 0 aromatic heterocycles. The molecule has 0 heteroatoms. The zero-order valence-electron chi connectivity index (χ0n) is 22.4. The molecule has 3 aliphatic rings. The minimum Gasteiger partial charge on any atom is -0.0622 e. The van der Waals surface area contributed by atoms with E-state index in [-0.39, 0.29) is 10.8 Å². The second-order valence-electron chi connectivity index (χ2n) is 11.8. The summed E-state index contributed by atoms with van der Waals surface area (Å²) < 4.78 is 0. The fourth-order valence-corrected chi connectivity index (χ4v) is 7.46. The van der Waals surface area contributed by atoms with Crippen LogP contribution in [0.15, 0.2) is 70.3 Å². The maximum Gasteiger partial charge on any atom is 0.0185 e. The standard InChI is InChI=1S/C34H42/c1-22(28-13-9-8-10-14-28)20-34(21-33(7)26(5)24(3)25(4)27(33)6)23(2)17-31-18-29-15-11-12-16-30(29)19-32(31)34/h8-10,13-14,17-19,22H,11-12,15-16,20-21H2,1-7H3. The number of hydrogen-bond acceptors (Lipinski definition) is 0. The minimum absolute atomic E-state index is 0.0687. The number of hydrogen-bond donors (Lipinski definition) is 0. The number of rotatable bonds is 5. The lowest BCUT2D eigenvalue weighted by Gasteiger charge is -2.44. The normalized spacial score (nSPS) is 24.3. The Morgan fingerprint density at radius 2 is 1.41 bits per heavy atom. The lowest BCUT2D eigenvalue weighted by molar-refractivity contribution is 0.298. The van der Waals surface area contributed by atoms with E-state index in [0.29, 0.717) is 5.92 Å². The zero-order valence-corrected chi connectivity index (χ0v) is 22.4. The van der Waals surface area contributed by atoms with E-state index in [2.05, 4.69) is 97.0 Å². The predicted molar refractivity (Wildman–Crippen MR) is 147 cm³/mol. The predicted octanol–water partition coefficient (Wildman–Crippen LogP) is 9.50. The van der Waals surface area contributed by atoms with Crippen molar-refractivity contribution in [1.29, 1.82) is 0 Å². The Morgan fingerprint density at radius 3 is 2.03 bits per heavy atom. The van der Waals surface area contributed by atoms with Crippen molar-refractivity contribution in [3.05, 3.63) is 98.1 Å². The third kappa shape index (κ3) is 3.48. The Hall–Kier alpha value is -2.34. The topological polar surface area (TPSA) is 0 Å². The SMILES string of the molecule is CC1=Cc2cc3c(cc2C1(CC(C)c1ccccc1)CC1(C)C(C)=C(C)C(C)=C1C)CCCC3. The van der Waals surface area contributed by atoms with Crippen molar-refractivity contribution in [3.8, 4) is 0 Å². The maximum absolute atomic E-state index is 2.64. The van der Waals surface area contributed by atoms with Crippen molar-refractivity contribution >= 4 is 6.08 Å². The molecule has 0 spiro atoms. The smallest absolute Gasteiger partial charge is 0.0185 e. The van der Waals surface area contributed by atoms with Crippen LogP contribution in [0.4, 0.5) is 0 Å². The minimum atomic E-state index is 0.0687. The first-order valence-electron chi connectivity index (χ1n) is 13.4. The van der Waals surface area contributed by atoms with Crippen LogP contribution in [0.1, 0.15) is 108 Å². The summed E-state index contributed by atoms with van der Waals surface area (Å²) in [6.45, 7) is 16.8. The van der Waals surface area contributed by atoms with Gasteiger partial charge in [-0.25, -0.2) is 0 Å². The van der Waals surface area contributed by atoms with Crippen LogP contribution < -0.4 is 0 Å². The molecule has 0 N–H and O–H groups in total. The van der Waals surface area contributed by atoms with E-state index in [1.165, 1.54) is 54.4 Å². The van der Waals surface area contributed by atoms with Gasteiger partial charge in [0.05, 0.1) is 0 Å². The van der Waals surface area contributed by atoms with E-state index in [1.807, 2.05) is 0 Å². The molecule has 178 valence electrons. The molecule has 2 aromatic rings. The second-order valence-corrected chi connectivity index (χ2v) is 11.8. The fraction of sp³-hybridized carbons (Fsp3) is 0.471. The number of aryl methyl sites for hydroxylation is 2. The highest BCUT2D eigenvalue weighted by molar-refractivity contribution is 5.71. The Balaban J connectivity index is 1.66. The molecule has 3 aliphatic carbocycles. The van der Waals surface area contributed by atoms with Crippen molar-refractivity contribution in [1.82, 2.24) is 0 Å². The number of fused-ring (bicyclic) bond motifs is 2. The van der Waals surface area contributed by atoms with Crippen LogP contribution in [-0.4, -0.2) is 0 Å². The van der Waals surface area contributed by atoms with E-state index in [9.17, 15) is 0 Å². The molecule has 0 amide bonds. The van der Waals surface area contributed by atoms with Crippen LogP contribution in [0.25, 0.3) is 6.08 Å². The van der Waals surface area contributed by atoms with Crippen molar-refractivity contribution in [2.75, 3.05) is 0 Å². The summed E-state index contributed by atoms with van der Waals surface area (Å²) in [4.78, 5) is 0. The molecular formula is C34H42. The highest BCUT2D eigenvalue weighted by atomic mass is 14.5. The Bertz CT molecular complexity index is 1190. The van der Waals surface area contributed by atoms with E-state index in [0.717, 1.165) is 6.42 Å². The van der Waals surface area contributed by atoms with Crippen molar-refractivity contribution in [3.63, 3.8) is 0 Å². The molecule has 0 heterocycles. The summed E-state index contributed by atoms with van der Waals surface area (Å²) in [6, 6.07) is 16.4. The lowest BCUT2D eigenvalue weighted by Crippen LogP contribution is -2.36. The molecule has 2 aromatic carbocycles. The van der Waals surface area contributed by atoms with Crippen molar-refractivity contribution in [2.24, 2.45) is 5.41 Å².